The molecule has 19 heavy (non-hydrogen) atoms. The van der Waals surface area contributed by atoms with Crippen LogP contribution in [-0.4, -0.2) is 41.8 Å². The van der Waals surface area contributed by atoms with Gasteiger partial charge in [-0.1, -0.05) is 24.3 Å². The molecule has 1 atom stereocenters. The van der Waals surface area contributed by atoms with Crippen LogP contribution in [0.3, 0.4) is 0 Å². The van der Waals surface area contributed by atoms with Gasteiger partial charge in [-0.25, -0.2) is 0 Å². The van der Waals surface area contributed by atoms with E-state index in [9.17, 15) is 5.11 Å². The Kier molecular flexibility index (Phi) is 3.61. The zero-order valence-corrected chi connectivity index (χ0v) is 11.5. The van der Waals surface area contributed by atoms with Gasteiger partial charge in [0.2, 0.25) is 0 Å². The van der Waals surface area contributed by atoms with Crippen LogP contribution >= 0.6 is 0 Å². The van der Waals surface area contributed by atoms with Gasteiger partial charge in [-0.2, -0.15) is 0 Å². The summed E-state index contributed by atoms with van der Waals surface area (Å²) in [6, 6.07) is 8.72. The number of hydrogen-bond acceptors (Lipinski definition) is 3. The Balaban J connectivity index is 1.65. The third-order valence-corrected chi connectivity index (χ3v) is 4.72. The minimum absolute atomic E-state index is 0.112. The van der Waals surface area contributed by atoms with Crippen molar-refractivity contribution in [3.05, 3.63) is 35.4 Å². The lowest BCUT2D eigenvalue weighted by atomic mass is 9.94. The minimum atomic E-state index is -0.378. The second kappa shape index (κ2) is 5.23. The lowest BCUT2D eigenvalue weighted by Crippen LogP contribution is -2.55. The van der Waals surface area contributed by atoms with Crippen molar-refractivity contribution >= 4 is 0 Å². The predicted molar refractivity (Wildman–Crippen MR) is 77.0 cm³/mol. The molecular weight excluding hydrogens is 236 g/mol. The Bertz CT molecular complexity index is 417. The average Bonchev–Trinajstić information content (AvgIpc) is 3.26. The van der Waals surface area contributed by atoms with Crippen LogP contribution in [0.2, 0.25) is 0 Å². The van der Waals surface area contributed by atoms with Gasteiger partial charge in [0.1, 0.15) is 0 Å². The number of aliphatic hydroxyl groups is 1. The van der Waals surface area contributed by atoms with Gasteiger partial charge in [0.25, 0.3) is 0 Å². The normalized spacial score (nSPS) is 23.5. The second-order valence-corrected chi connectivity index (χ2v) is 6.21. The Morgan fingerprint density at radius 2 is 1.74 bits per heavy atom. The largest absolute Gasteiger partial charge is 0.394 e. The van der Waals surface area contributed by atoms with Crippen LogP contribution < -0.4 is 5.73 Å². The minimum Gasteiger partial charge on any atom is -0.394 e. The topological polar surface area (TPSA) is 49.5 Å². The van der Waals surface area contributed by atoms with Crippen LogP contribution in [0.4, 0.5) is 0 Å². The molecule has 2 aliphatic rings. The molecule has 0 radical (unpaired) electrons. The van der Waals surface area contributed by atoms with Gasteiger partial charge in [-0.05, 0) is 42.7 Å². The molecule has 0 aromatic heterocycles. The van der Waals surface area contributed by atoms with E-state index in [1.165, 1.54) is 24.0 Å². The molecule has 1 unspecified atom stereocenters. The standard InChI is InChI=1S/C16H24N2O/c17-16(12-19,15-5-6-15)11-18-9-7-13-3-1-2-4-14(13)8-10-18/h1-4,15,19H,5-12,17H2. The smallest absolute Gasteiger partial charge is 0.0626 e. The summed E-state index contributed by atoms with van der Waals surface area (Å²) in [5.41, 5.74) is 8.97. The number of nitrogens with zero attached hydrogens (tertiary/aromatic N) is 1. The lowest BCUT2D eigenvalue weighted by molar-refractivity contribution is 0.123. The zero-order valence-electron chi connectivity index (χ0n) is 11.5. The van der Waals surface area contributed by atoms with Crippen molar-refractivity contribution < 1.29 is 5.11 Å². The van der Waals surface area contributed by atoms with Gasteiger partial charge in [0.05, 0.1) is 12.1 Å². The van der Waals surface area contributed by atoms with Gasteiger partial charge in [-0.3, -0.25) is 0 Å². The van der Waals surface area contributed by atoms with Crippen molar-refractivity contribution in [2.75, 3.05) is 26.2 Å². The van der Waals surface area contributed by atoms with Gasteiger partial charge in [-0.15, -0.1) is 0 Å². The van der Waals surface area contributed by atoms with Crippen LogP contribution in [-0.2, 0) is 12.8 Å². The molecule has 0 spiro atoms. The van der Waals surface area contributed by atoms with E-state index in [0.29, 0.717) is 5.92 Å². The molecule has 3 N–H and O–H groups in total. The zero-order chi connectivity index (χ0) is 13.3. The van der Waals surface area contributed by atoms with E-state index in [0.717, 1.165) is 32.5 Å². The van der Waals surface area contributed by atoms with Crippen molar-refractivity contribution in [2.45, 2.75) is 31.2 Å². The van der Waals surface area contributed by atoms with Crippen molar-refractivity contribution in [3.63, 3.8) is 0 Å². The molecule has 1 fully saturated rings. The van der Waals surface area contributed by atoms with Crippen LogP contribution in [0, 0.1) is 5.92 Å². The fourth-order valence-corrected chi connectivity index (χ4v) is 3.26. The Morgan fingerprint density at radius 3 is 2.21 bits per heavy atom. The number of benzene rings is 1. The molecule has 3 rings (SSSR count). The summed E-state index contributed by atoms with van der Waals surface area (Å²) in [5.74, 6) is 0.531. The highest BCUT2D eigenvalue weighted by atomic mass is 16.3. The first-order valence-electron chi connectivity index (χ1n) is 7.40. The van der Waals surface area contributed by atoms with E-state index in [2.05, 4.69) is 29.2 Å². The molecule has 1 aromatic rings. The van der Waals surface area contributed by atoms with Crippen molar-refractivity contribution in [3.8, 4) is 0 Å². The van der Waals surface area contributed by atoms with Crippen molar-refractivity contribution in [2.24, 2.45) is 11.7 Å². The molecular formula is C16H24N2O. The summed E-state index contributed by atoms with van der Waals surface area (Å²) in [7, 11) is 0. The van der Waals surface area contributed by atoms with E-state index in [1.807, 2.05) is 0 Å². The Morgan fingerprint density at radius 1 is 1.16 bits per heavy atom. The molecule has 1 aliphatic heterocycles. The van der Waals surface area contributed by atoms with Crippen LogP contribution in [0.25, 0.3) is 0 Å². The summed E-state index contributed by atoms with van der Waals surface area (Å²) >= 11 is 0. The van der Waals surface area contributed by atoms with Crippen LogP contribution in [0.1, 0.15) is 24.0 Å². The number of fused-ring (bicyclic) bond motifs is 1. The first-order valence-corrected chi connectivity index (χ1v) is 7.40. The predicted octanol–water partition coefficient (Wildman–Crippen LogP) is 1.19. The van der Waals surface area contributed by atoms with Crippen molar-refractivity contribution in [1.29, 1.82) is 0 Å². The highest BCUT2D eigenvalue weighted by Gasteiger charge is 2.42. The first-order chi connectivity index (χ1) is 9.21. The Hall–Kier alpha value is -0.900. The van der Waals surface area contributed by atoms with Gasteiger partial charge in [0.15, 0.2) is 0 Å². The molecule has 3 heteroatoms. The summed E-state index contributed by atoms with van der Waals surface area (Å²) in [4.78, 5) is 2.44. The number of rotatable bonds is 4. The maximum Gasteiger partial charge on any atom is 0.0626 e. The fourth-order valence-electron chi connectivity index (χ4n) is 3.26. The van der Waals surface area contributed by atoms with Gasteiger partial charge < -0.3 is 15.7 Å². The van der Waals surface area contributed by atoms with E-state index >= 15 is 0 Å². The summed E-state index contributed by atoms with van der Waals surface area (Å²) in [6.45, 7) is 3.06. The maximum atomic E-state index is 9.62. The molecule has 3 nitrogen and oxygen atoms in total. The molecule has 1 heterocycles. The monoisotopic (exact) mass is 260 g/mol. The van der Waals surface area contributed by atoms with Crippen LogP contribution in [0.5, 0.6) is 0 Å². The summed E-state index contributed by atoms with van der Waals surface area (Å²) in [5, 5.41) is 9.62. The highest BCUT2D eigenvalue weighted by molar-refractivity contribution is 5.28. The lowest BCUT2D eigenvalue weighted by Gasteiger charge is -2.33. The highest BCUT2D eigenvalue weighted by Crippen LogP contribution is 2.38. The molecule has 0 saturated heterocycles. The fraction of sp³-hybridized carbons (Fsp3) is 0.625. The number of nitrogens with two attached hydrogens (primary N) is 1. The second-order valence-electron chi connectivity index (χ2n) is 6.21. The quantitative estimate of drug-likeness (QED) is 0.855. The van der Waals surface area contributed by atoms with Crippen molar-refractivity contribution in [1.82, 2.24) is 4.90 Å². The van der Waals surface area contributed by atoms with E-state index in [4.69, 9.17) is 5.73 Å². The van der Waals surface area contributed by atoms with E-state index in [1.54, 1.807) is 0 Å². The number of hydrogen-bond donors (Lipinski definition) is 2. The third kappa shape index (κ3) is 2.83. The molecule has 0 bridgehead atoms. The molecule has 1 aromatic carbocycles. The molecule has 104 valence electrons. The van der Waals surface area contributed by atoms with E-state index in [-0.39, 0.29) is 12.1 Å². The average molecular weight is 260 g/mol. The van der Waals surface area contributed by atoms with Gasteiger partial charge in [0, 0.05) is 19.6 Å². The summed E-state index contributed by atoms with van der Waals surface area (Å²) in [6.07, 6.45) is 4.57. The maximum absolute atomic E-state index is 9.62. The third-order valence-electron chi connectivity index (χ3n) is 4.72. The molecule has 1 aliphatic carbocycles. The number of aliphatic hydroxyl groups excluding tert-OH is 1. The SMILES string of the molecule is NC(CO)(CN1CCc2ccccc2CC1)C1CC1. The molecule has 0 amide bonds. The Labute approximate surface area is 115 Å². The first kappa shape index (κ1) is 13.1. The van der Waals surface area contributed by atoms with Gasteiger partial charge >= 0.3 is 0 Å². The molecule has 1 saturated carbocycles. The van der Waals surface area contributed by atoms with Crippen LogP contribution in [0.15, 0.2) is 24.3 Å². The van der Waals surface area contributed by atoms with E-state index < -0.39 is 0 Å². The summed E-state index contributed by atoms with van der Waals surface area (Å²) < 4.78 is 0.